The van der Waals surface area contributed by atoms with E-state index in [0.29, 0.717) is 22.7 Å². The molecule has 1 aromatic heterocycles. The Morgan fingerprint density at radius 1 is 1.08 bits per heavy atom. The number of benzene rings is 1. The quantitative estimate of drug-likeness (QED) is 0.753. The fourth-order valence-corrected chi connectivity index (χ4v) is 4.41. The van der Waals surface area contributed by atoms with Crippen molar-refractivity contribution < 1.29 is 9.59 Å². The van der Waals surface area contributed by atoms with E-state index in [9.17, 15) is 9.59 Å². The van der Waals surface area contributed by atoms with Gasteiger partial charge in [-0.3, -0.25) is 9.59 Å². The van der Waals surface area contributed by atoms with Crippen molar-refractivity contribution in [3.8, 4) is 0 Å². The molecule has 1 aromatic carbocycles. The molecule has 5 heteroatoms. The van der Waals surface area contributed by atoms with Crippen LogP contribution in [0.2, 0.25) is 0 Å². The minimum atomic E-state index is -0.165. The molecule has 25 heavy (non-hydrogen) atoms. The molecule has 0 spiro atoms. The number of anilines is 1. The maximum Gasteiger partial charge on any atom is 0.256 e. The van der Waals surface area contributed by atoms with Crippen LogP contribution in [-0.4, -0.2) is 18.4 Å². The van der Waals surface area contributed by atoms with Crippen molar-refractivity contribution in [2.24, 2.45) is 0 Å². The van der Waals surface area contributed by atoms with Crippen molar-refractivity contribution >= 4 is 28.2 Å². The normalized spacial score (nSPS) is 13.2. The number of unbranched alkanes of at least 4 members (excludes halogenated alkanes) is 1. The predicted octanol–water partition coefficient (Wildman–Crippen LogP) is 4.41. The smallest absolute Gasteiger partial charge is 0.256 e. The van der Waals surface area contributed by atoms with Crippen LogP contribution in [0.4, 0.5) is 5.00 Å². The topological polar surface area (TPSA) is 58.2 Å². The summed E-state index contributed by atoms with van der Waals surface area (Å²) >= 11 is 1.56. The Kier molecular flexibility index (Phi) is 5.87. The second-order valence-electron chi connectivity index (χ2n) is 6.34. The standard InChI is InChI=1S/C20H24N2O2S/c1-2-3-13-21-19(24)17-15-11-7-8-12-16(15)25-20(17)22-18(23)14-9-5-4-6-10-14/h4-6,9-10H,2-3,7-8,11-13H2,1H3,(H,21,24)(H,22,23). The second kappa shape index (κ2) is 8.30. The lowest BCUT2D eigenvalue weighted by molar-refractivity contribution is 0.0953. The highest BCUT2D eigenvalue weighted by Gasteiger charge is 2.26. The number of hydrogen-bond donors (Lipinski definition) is 2. The third-order valence-electron chi connectivity index (χ3n) is 4.48. The van der Waals surface area contributed by atoms with Crippen LogP contribution in [0.5, 0.6) is 0 Å². The molecule has 1 aliphatic carbocycles. The zero-order chi connectivity index (χ0) is 17.6. The molecule has 0 saturated heterocycles. The molecule has 4 nitrogen and oxygen atoms in total. The number of rotatable bonds is 6. The van der Waals surface area contributed by atoms with Crippen LogP contribution in [0.25, 0.3) is 0 Å². The van der Waals surface area contributed by atoms with Crippen LogP contribution in [0.1, 0.15) is 63.8 Å². The van der Waals surface area contributed by atoms with E-state index in [1.807, 2.05) is 18.2 Å². The van der Waals surface area contributed by atoms with Gasteiger partial charge in [-0.2, -0.15) is 0 Å². The summed E-state index contributed by atoms with van der Waals surface area (Å²) in [5, 5.41) is 6.67. The van der Waals surface area contributed by atoms with Crippen molar-refractivity contribution in [2.45, 2.75) is 45.4 Å². The van der Waals surface area contributed by atoms with Crippen LogP contribution < -0.4 is 10.6 Å². The van der Waals surface area contributed by atoms with Gasteiger partial charge in [0.15, 0.2) is 0 Å². The molecular weight excluding hydrogens is 332 g/mol. The molecule has 3 rings (SSSR count). The number of carbonyl (C=O) groups is 2. The molecule has 2 aromatic rings. The van der Waals surface area contributed by atoms with Crippen molar-refractivity contribution in [2.75, 3.05) is 11.9 Å². The number of aryl methyl sites for hydroxylation is 1. The highest BCUT2D eigenvalue weighted by Crippen LogP contribution is 2.38. The summed E-state index contributed by atoms with van der Waals surface area (Å²) < 4.78 is 0. The molecule has 2 N–H and O–H groups in total. The minimum Gasteiger partial charge on any atom is -0.352 e. The van der Waals surface area contributed by atoms with E-state index in [-0.39, 0.29) is 11.8 Å². The Labute approximate surface area is 152 Å². The summed E-state index contributed by atoms with van der Waals surface area (Å²) in [5.74, 6) is -0.224. The fraction of sp³-hybridized carbons (Fsp3) is 0.400. The zero-order valence-electron chi connectivity index (χ0n) is 14.6. The summed E-state index contributed by atoms with van der Waals surface area (Å²) in [5.41, 5.74) is 2.42. The van der Waals surface area contributed by atoms with Gasteiger partial charge in [0.25, 0.3) is 11.8 Å². The number of carbonyl (C=O) groups excluding carboxylic acids is 2. The van der Waals surface area contributed by atoms with Crippen LogP contribution in [0.3, 0.4) is 0 Å². The Morgan fingerprint density at radius 3 is 2.60 bits per heavy atom. The van der Waals surface area contributed by atoms with E-state index < -0.39 is 0 Å². The second-order valence-corrected chi connectivity index (χ2v) is 7.45. The summed E-state index contributed by atoms with van der Waals surface area (Å²) in [6.07, 6.45) is 6.17. The SMILES string of the molecule is CCCCNC(=O)c1c(NC(=O)c2ccccc2)sc2c1CCCC2. The monoisotopic (exact) mass is 356 g/mol. The number of fused-ring (bicyclic) bond motifs is 1. The van der Waals surface area contributed by atoms with E-state index in [1.165, 1.54) is 4.88 Å². The van der Waals surface area contributed by atoms with Gasteiger partial charge in [-0.25, -0.2) is 0 Å². The van der Waals surface area contributed by atoms with Crippen molar-refractivity contribution in [3.05, 3.63) is 51.9 Å². The first kappa shape index (κ1) is 17.7. The third-order valence-corrected chi connectivity index (χ3v) is 5.68. The van der Waals surface area contributed by atoms with Crippen molar-refractivity contribution in [1.29, 1.82) is 0 Å². The summed E-state index contributed by atoms with van der Waals surface area (Å²) in [6.45, 7) is 2.77. The van der Waals surface area contributed by atoms with E-state index in [0.717, 1.165) is 44.1 Å². The van der Waals surface area contributed by atoms with Gasteiger partial charge in [0.2, 0.25) is 0 Å². The Bertz CT molecular complexity index is 753. The lowest BCUT2D eigenvalue weighted by Gasteiger charge is -2.13. The lowest BCUT2D eigenvalue weighted by atomic mass is 9.95. The first-order chi connectivity index (χ1) is 12.2. The molecule has 0 unspecified atom stereocenters. The molecule has 0 bridgehead atoms. The predicted molar refractivity (Wildman–Crippen MR) is 103 cm³/mol. The van der Waals surface area contributed by atoms with Crippen LogP contribution in [0.15, 0.2) is 30.3 Å². The van der Waals surface area contributed by atoms with Gasteiger partial charge in [-0.15, -0.1) is 11.3 Å². The molecule has 0 aliphatic heterocycles. The molecule has 0 atom stereocenters. The molecule has 2 amide bonds. The van der Waals surface area contributed by atoms with Crippen LogP contribution in [0, 0.1) is 0 Å². The van der Waals surface area contributed by atoms with Crippen LogP contribution in [-0.2, 0) is 12.8 Å². The van der Waals surface area contributed by atoms with E-state index in [4.69, 9.17) is 0 Å². The molecule has 0 fully saturated rings. The Morgan fingerprint density at radius 2 is 1.84 bits per heavy atom. The van der Waals surface area contributed by atoms with E-state index in [1.54, 1.807) is 23.5 Å². The molecule has 1 aliphatic rings. The minimum absolute atomic E-state index is 0.0591. The largest absolute Gasteiger partial charge is 0.352 e. The Hall–Kier alpha value is -2.14. The van der Waals surface area contributed by atoms with Crippen LogP contribution >= 0.6 is 11.3 Å². The highest BCUT2D eigenvalue weighted by atomic mass is 32.1. The molecule has 0 radical (unpaired) electrons. The van der Waals surface area contributed by atoms with Gasteiger partial charge in [0, 0.05) is 17.0 Å². The average molecular weight is 356 g/mol. The number of nitrogens with one attached hydrogen (secondary N) is 2. The number of thiophene rings is 1. The number of hydrogen-bond acceptors (Lipinski definition) is 3. The lowest BCUT2D eigenvalue weighted by Crippen LogP contribution is -2.26. The summed E-state index contributed by atoms with van der Waals surface area (Å²) in [4.78, 5) is 26.5. The highest BCUT2D eigenvalue weighted by molar-refractivity contribution is 7.17. The van der Waals surface area contributed by atoms with Gasteiger partial charge in [-0.1, -0.05) is 31.5 Å². The van der Waals surface area contributed by atoms with Gasteiger partial charge in [-0.05, 0) is 49.8 Å². The van der Waals surface area contributed by atoms with Gasteiger partial charge < -0.3 is 10.6 Å². The van der Waals surface area contributed by atoms with E-state index >= 15 is 0 Å². The zero-order valence-corrected chi connectivity index (χ0v) is 15.4. The summed E-state index contributed by atoms with van der Waals surface area (Å²) in [7, 11) is 0. The third kappa shape index (κ3) is 4.10. The van der Waals surface area contributed by atoms with Crippen molar-refractivity contribution in [3.63, 3.8) is 0 Å². The maximum absolute atomic E-state index is 12.7. The first-order valence-electron chi connectivity index (χ1n) is 8.99. The average Bonchev–Trinajstić information content (AvgIpc) is 3.00. The molecule has 132 valence electrons. The first-order valence-corrected chi connectivity index (χ1v) is 9.81. The maximum atomic E-state index is 12.7. The Balaban J connectivity index is 1.86. The number of amides is 2. The van der Waals surface area contributed by atoms with Gasteiger partial charge in [0.05, 0.1) is 5.56 Å². The van der Waals surface area contributed by atoms with Crippen molar-refractivity contribution in [1.82, 2.24) is 5.32 Å². The van der Waals surface area contributed by atoms with Gasteiger partial charge >= 0.3 is 0 Å². The molecule has 0 saturated carbocycles. The summed E-state index contributed by atoms with van der Waals surface area (Å²) in [6, 6.07) is 9.13. The molecular formula is C20H24N2O2S. The molecule has 1 heterocycles. The van der Waals surface area contributed by atoms with Gasteiger partial charge in [0.1, 0.15) is 5.00 Å². The van der Waals surface area contributed by atoms with E-state index in [2.05, 4.69) is 17.6 Å². The fourth-order valence-electron chi connectivity index (χ4n) is 3.13.